The molecule has 1 amide bonds. The van der Waals surface area contributed by atoms with E-state index in [2.05, 4.69) is 23.3 Å². The van der Waals surface area contributed by atoms with E-state index in [0.717, 1.165) is 45.3 Å². The summed E-state index contributed by atoms with van der Waals surface area (Å²) < 4.78 is 0. The molecule has 1 aliphatic heterocycles. The van der Waals surface area contributed by atoms with Gasteiger partial charge in [-0.15, -0.1) is 0 Å². The molecule has 114 valence electrons. The quantitative estimate of drug-likeness (QED) is 0.779. The zero-order valence-corrected chi connectivity index (χ0v) is 13.2. The Morgan fingerprint density at radius 2 is 1.85 bits per heavy atom. The van der Waals surface area contributed by atoms with Crippen molar-refractivity contribution in [2.75, 3.05) is 26.7 Å². The van der Waals surface area contributed by atoms with E-state index in [4.69, 9.17) is 0 Å². The smallest absolute Gasteiger partial charge is 0.240 e. The number of nitrogens with one attached hydrogen (secondary N) is 1. The average Bonchev–Trinajstić information content (AvgIpc) is 2.46. The van der Waals surface area contributed by atoms with Gasteiger partial charge in [-0.1, -0.05) is 26.7 Å². The van der Waals surface area contributed by atoms with Crippen molar-refractivity contribution in [3.8, 4) is 6.07 Å². The third-order valence-electron chi connectivity index (χ3n) is 4.39. The summed E-state index contributed by atoms with van der Waals surface area (Å²) in [4.78, 5) is 14.8. The summed E-state index contributed by atoms with van der Waals surface area (Å²) in [6, 6.07) is 2.29. The fraction of sp³-hybridized carbons (Fsp3) is 0.875. The first-order valence-corrected chi connectivity index (χ1v) is 7.96. The Balaban J connectivity index is 2.52. The number of amides is 1. The molecule has 0 saturated carbocycles. The van der Waals surface area contributed by atoms with Crippen molar-refractivity contribution in [3.63, 3.8) is 0 Å². The maximum atomic E-state index is 12.4. The third kappa shape index (κ3) is 4.49. The van der Waals surface area contributed by atoms with E-state index >= 15 is 0 Å². The molecule has 0 spiro atoms. The van der Waals surface area contributed by atoms with Gasteiger partial charge in [-0.3, -0.25) is 4.79 Å². The van der Waals surface area contributed by atoms with Crippen molar-refractivity contribution in [2.45, 2.75) is 52.4 Å². The van der Waals surface area contributed by atoms with Crippen molar-refractivity contribution >= 4 is 5.91 Å². The van der Waals surface area contributed by atoms with Gasteiger partial charge >= 0.3 is 0 Å². The molecule has 1 saturated heterocycles. The summed E-state index contributed by atoms with van der Waals surface area (Å²) in [6.07, 6.45) is 5.34. The maximum absolute atomic E-state index is 12.4. The van der Waals surface area contributed by atoms with Crippen LogP contribution < -0.4 is 5.32 Å². The molecule has 0 aromatic heterocycles. The molecule has 4 nitrogen and oxygen atoms in total. The van der Waals surface area contributed by atoms with Crippen molar-refractivity contribution in [1.29, 1.82) is 5.26 Å². The molecule has 0 atom stereocenters. The predicted molar refractivity (Wildman–Crippen MR) is 81.1 cm³/mol. The highest BCUT2D eigenvalue weighted by Gasteiger charge is 2.37. The largest absolute Gasteiger partial charge is 0.354 e. The lowest BCUT2D eigenvalue weighted by Crippen LogP contribution is -2.43. The van der Waals surface area contributed by atoms with Gasteiger partial charge in [0.2, 0.25) is 5.91 Å². The Bertz CT molecular complexity index is 334. The Kier molecular flexibility index (Phi) is 7.01. The highest BCUT2D eigenvalue weighted by atomic mass is 16.2. The first kappa shape index (κ1) is 17.0. The van der Waals surface area contributed by atoms with E-state index in [0.29, 0.717) is 18.8 Å². The molecule has 1 fully saturated rings. The van der Waals surface area contributed by atoms with Crippen LogP contribution >= 0.6 is 0 Å². The number of carbonyl (C=O) groups is 1. The summed E-state index contributed by atoms with van der Waals surface area (Å²) in [7, 11) is 2.14. The molecule has 0 aromatic rings. The van der Waals surface area contributed by atoms with E-state index in [1.54, 1.807) is 0 Å². The van der Waals surface area contributed by atoms with Gasteiger partial charge in [-0.25, -0.2) is 0 Å². The molecule has 0 radical (unpaired) electrons. The van der Waals surface area contributed by atoms with E-state index in [1.807, 2.05) is 13.8 Å². The predicted octanol–water partition coefficient (Wildman–Crippen LogP) is 2.55. The van der Waals surface area contributed by atoms with Crippen LogP contribution in [-0.2, 0) is 4.79 Å². The van der Waals surface area contributed by atoms with Crippen LogP contribution in [0.25, 0.3) is 0 Å². The zero-order valence-electron chi connectivity index (χ0n) is 13.2. The second-order valence-electron chi connectivity index (χ2n) is 6.15. The molecule has 1 heterocycles. The molecule has 1 N–H and O–H groups in total. The number of likely N-dealkylation sites (tertiary alicyclic amines) is 1. The van der Waals surface area contributed by atoms with Gasteiger partial charge in [0.15, 0.2) is 0 Å². The second-order valence-corrected chi connectivity index (χ2v) is 6.15. The van der Waals surface area contributed by atoms with Crippen LogP contribution in [0, 0.1) is 22.7 Å². The van der Waals surface area contributed by atoms with Crippen LogP contribution in [-0.4, -0.2) is 37.5 Å². The van der Waals surface area contributed by atoms with Crippen LogP contribution in [0.1, 0.15) is 52.4 Å². The lowest BCUT2D eigenvalue weighted by atomic mass is 9.79. The fourth-order valence-corrected chi connectivity index (χ4v) is 3.04. The minimum Gasteiger partial charge on any atom is -0.354 e. The Morgan fingerprint density at radius 3 is 2.30 bits per heavy atom. The lowest BCUT2D eigenvalue weighted by Gasteiger charge is -2.30. The molecule has 0 aliphatic carbocycles. The Hall–Kier alpha value is -1.08. The van der Waals surface area contributed by atoms with Crippen LogP contribution in [0.2, 0.25) is 0 Å². The minimum atomic E-state index is -0.811. The topological polar surface area (TPSA) is 56.1 Å². The van der Waals surface area contributed by atoms with Crippen molar-refractivity contribution in [3.05, 3.63) is 0 Å². The summed E-state index contributed by atoms with van der Waals surface area (Å²) in [5, 5.41) is 12.5. The van der Waals surface area contributed by atoms with Gasteiger partial charge < -0.3 is 10.2 Å². The summed E-state index contributed by atoms with van der Waals surface area (Å²) in [6.45, 7) is 7.00. The maximum Gasteiger partial charge on any atom is 0.240 e. The highest BCUT2D eigenvalue weighted by Crippen LogP contribution is 2.29. The SMILES string of the molecule is CCCC(C#N)(CCC)C(=O)NCC1CCN(C)CC1. The Morgan fingerprint density at radius 1 is 1.30 bits per heavy atom. The Labute approximate surface area is 123 Å². The molecule has 1 aliphatic rings. The highest BCUT2D eigenvalue weighted by molar-refractivity contribution is 5.85. The van der Waals surface area contributed by atoms with Crippen LogP contribution in [0.5, 0.6) is 0 Å². The zero-order chi connectivity index (χ0) is 15.0. The third-order valence-corrected chi connectivity index (χ3v) is 4.39. The van der Waals surface area contributed by atoms with Crippen molar-refractivity contribution in [2.24, 2.45) is 11.3 Å². The molecular formula is C16H29N3O. The van der Waals surface area contributed by atoms with E-state index in [-0.39, 0.29) is 5.91 Å². The van der Waals surface area contributed by atoms with Gasteiger partial charge in [0.25, 0.3) is 0 Å². The lowest BCUT2D eigenvalue weighted by molar-refractivity contribution is -0.129. The number of nitrogens with zero attached hydrogens (tertiary/aromatic N) is 2. The fourth-order valence-electron chi connectivity index (χ4n) is 3.04. The molecule has 20 heavy (non-hydrogen) atoms. The molecule has 0 unspecified atom stereocenters. The van der Waals surface area contributed by atoms with E-state index in [9.17, 15) is 10.1 Å². The minimum absolute atomic E-state index is 0.0531. The number of rotatable bonds is 7. The number of carbonyl (C=O) groups excluding carboxylic acids is 1. The summed E-state index contributed by atoms with van der Waals surface area (Å²) in [5.74, 6) is 0.512. The molecule has 0 aromatic carbocycles. The molecule has 0 bridgehead atoms. The van der Waals surface area contributed by atoms with E-state index in [1.165, 1.54) is 0 Å². The molecule has 1 rings (SSSR count). The standard InChI is InChI=1S/C16H29N3O/c1-4-8-16(13-17,9-5-2)15(20)18-12-14-6-10-19(3)11-7-14/h14H,4-12H2,1-3H3,(H,18,20). The van der Waals surface area contributed by atoms with Gasteiger partial charge in [0, 0.05) is 6.54 Å². The molecular weight excluding hydrogens is 250 g/mol. The van der Waals surface area contributed by atoms with Gasteiger partial charge in [-0.05, 0) is 51.7 Å². The monoisotopic (exact) mass is 279 g/mol. The van der Waals surface area contributed by atoms with E-state index < -0.39 is 5.41 Å². The average molecular weight is 279 g/mol. The second kappa shape index (κ2) is 8.26. The van der Waals surface area contributed by atoms with Crippen LogP contribution in [0.4, 0.5) is 0 Å². The van der Waals surface area contributed by atoms with Gasteiger partial charge in [0.1, 0.15) is 5.41 Å². The number of nitriles is 1. The van der Waals surface area contributed by atoms with Crippen molar-refractivity contribution < 1.29 is 4.79 Å². The summed E-state index contributed by atoms with van der Waals surface area (Å²) >= 11 is 0. The summed E-state index contributed by atoms with van der Waals surface area (Å²) in [5.41, 5.74) is -0.811. The van der Waals surface area contributed by atoms with Crippen molar-refractivity contribution in [1.82, 2.24) is 10.2 Å². The number of piperidine rings is 1. The van der Waals surface area contributed by atoms with Crippen LogP contribution in [0.3, 0.4) is 0 Å². The first-order valence-electron chi connectivity index (χ1n) is 7.96. The molecule has 4 heteroatoms. The van der Waals surface area contributed by atoms with Gasteiger partial charge in [0.05, 0.1) is 6.07 Å². The normalized spacial score (nSPS) is 17.7. The number of hydrogen-bond donors (Lipinski definition) is 1. The van der Waals surface area contributed by atoms with Gasteiger partial charge in [-0.2, -0.15) is 5.26 Å². The number of hydrogen-bond acceptors (Lipinski definition) is 3. The first-order chi connectivity index (χ1) is 9.57. The van der Waals surface area contributed by atoms with Crippen LogP contribution in [0.15, 0.2) is 0 Å².